The predicted octanol–water partition coefficient (Wildman–Crippen LogP) is 5.82. The van der Waals surface area contributed by atoms with Gasteiger partial charge in [-0.25, -0.2) is 23.1 Å². The number of benzene rings is 1. The zero-order valence-electron chi connectivity index (χ0n) is 25.6. The number of aryl methyl sites for hydroxylation is 1. The highest BCUT2D eigenvalue weighted by atomic mass is 35.5. The Bertz CT molecular complexity index is 1980. The van der Waals surface area contributed by atoms with Gasteiger partial charge in [-0.3, -0.25) is 9.78 Å². The van der Waals surface area contributed by atoms with Gasteiger partial charge in [0.1, 0.15) is 16.9 Å². The van der Waals surface area contributed by atoms with E-state index < -0.39 is 28.6 Å². The number of hydrogen-bond donors (Lipinski definition) is 1. The molecular weight excluding hydrogens is 639 g/mol. The molecule has 0 bridgehead atoms. The number of rotatable bonds is 4. The number of carbonyl (C=O) groups is 1. The molecule has 46 heavy (non-hydrogen) atoms. The molecule has 2 atom stereocenters. The maximum absolute atomic E-state index is 16.8. The summed E-state index contributed by atoms with van der Waals surface area (Å²) in [6.45, 7) is 11.8. The number of pyridine rings is 2. The van der Waals surface area contributed by atoms with Crippen LogP contribution in [0.3, 0.4) is 0 Å². The van der Waals surface area contributed by atoms with Crippen molar-refractivity contribution in [2.45, 2.75) is 52.1 Å². The number of ether oxygens (including phenoxy) is 1. The summed E-state index contributed by atoms with van der Waals surface area (Å²) in [5.74, 6) is -2.57. The molecule has 5 heterocycles. The van der Waals surface area contributed by atoms with Gasteiger partial charge >= 0.3 is 5.69 Å². The highest BCUT2D eigenvalue weighted by Gasteiger charge is 2.39. The quantitative estimate of drug-likeness (QED) is 0.164. The van der Waals surface area contributed by atoms with Gasteiger partial charge in [0.05, 0.1) is 45.3 Å². The van der Waals surface area contributed by atoms with Gasteiger partial charge in [0.15, 0.2) is 23.0 Å². The molecule has 2 aliphatic rings. The number of fused-ring (bicyclic) bond motifs is 2. The molecule has 3 aromatic heterocycles. The van der Waals surface area contributed by atoms with E-state index in [4.69, 9.17) is 33.7 Å². The van der Waals surface area contributed by atoms with Gasteiger partial charge in [-0.05, 0) is 43.5 Å². The molecule has 1 amide bonds. The maximum atomic E-state index is 16.8. The summed E-state index contributed by atoms with van der Waals surface area (Å²) in [6, 6.07) is 2.19. The minimum Gasteiger partial charge on any atom is -0.489 e. The van der Waals surface area contributed by atoms with E-state index >= 15 is 8.78 Å². The highest BCUT2D eigenvalue weighted by molar-refractivity contribution is 6.37. The Labute approximate surface area is 273 Å². The minimum absolute atomic E-state index is 0.0233. The molecule has 0 saturated carbocycles. The molecule has 2 aliphatic heterocycles. The van der Waals surface area contributed by atoms with E-state index in [1.54, 1.807) is 17.2 Å². The number of nitrogens with zero attached hydrogens (tertiary/aromatic N) is 6. The van der Waals surface area contributed by atoms with Gasteiger partial charge < -0.3 is 20.3 Å². The first kappa shape index (κ1) is 31.7. The minimum atomic E-state index is -1.03. The first-order valence-electron chi connectivity index (χ1n) is 14.7. The second-order valence-electron chi connectivity index (χ2n) is 11.8. The van der Waals surface area contributed by atoms with E-state index in [0.29, 0.717) is 36.5 Å². The molecule has 1 aromatic carbocycles. The maximum Gasteiger partial charge on any atom is 0.355 e. The van der Waals surface area contributed by atoms with Crippen molar-refractivity contribution < 1.29 is 18.3 Å². The summed E-state index contributed by atoms with van der Waals surface area (Å²) >= 11 is 12.4. The second kappa shape index (κ2) is 11.8. The lowest BCUT2D eigenvalue weighted by Crippen LogP contribution is -2.60. The van der Waals surface area contributed by atoms with Gasteiger partial charge in [0.25, 0.3) is 0 Å². The van der Waals surface area contributed by atoms with Crippen molar-refractivity contribution in [3.05, 3.63) is 74.4 Å². The van der Waals surface area contributed by atoms with Crippen LogP contribution in [0.2, 0.25) is 10.0 Å². The molecule has 1 fully saturated rings. The SMILES string of the molecule is C=CC(=O)N1CC(C)N2c3nc(=O)n(-c4c(C)ccnc4C(C)C)c4nc(-c5c(N)c(Cl)cc(Cl)c5F)c(F)c(c34)OCCC2C1. The number of nitrogens with two attached hydrogens (primary N) is 1. The second-order valence-corrected chi connectivity index (χ2v) is 12.6. The molecule has 0 spiro atoms. The van der Waals surface area contributed by atoms with E-state index in [1.165, 1.54) is 10.6 Å². The molecule has 2 unspecified atom stereocenters. The molecule has 0 radical (unpaired) electrons. The standard InChI is InChI=1S/C32H31Cl2F2N7O3/c1-6-20(44)41-12-16(5)42-17(13-41)8-10-46-29-22-30(39-27(24(29)36)21-23(35)18(33)11-19(34)25(21)37)43(32(45)40-31(22)42)28-15(4)7-9-38-26(28)14(2)3/h6-7,9,11,14,16-17H,1,8,10,12-13,37H2,2-5H3. The number of anilines is 2. The van der Waals surface area contributed by atoms with Crippen LogP contribution in [0.25, 0.3) is 28.0 Å². The van der Waals surface area contributed by atoms with Gasteiger partial charge in [-0.15, -0.1) is 0 Å². The van der Waals surface area contributed by atoms with Crippen molar-refractivity contribution in [3.8, 4) is 22.7 Å². The monoisotopic (exact) mass is 669 g/mol. The molecule has 240 valence electrons. The van der Waals surface area contributed by atoms with Crippen LogP contribution in [-0.4, -0.2) is 62.1 Å². The van der Waals surface area contributed by atoms with Crippen LogP contribution < -0.4 is 21.1 Å². The third-order valence-corrected chi connectivity index (χ3v) is 9.07. The fraction of sp³-hybridized carbons (Fsp3) is 0.344. The molecule has 4 aromatic rings. The van der Waals surface area contributed by atoms with Crippen LogP contribution in [0.4, 0.5) is 20.3 Å². The van der Waals surface area contributed by atoms with Gasteiger partial charge in [-0.1, -0.05) is 43.6 Å². The van der Waals surface area contributed by atoms with E-state index in [9.17, 15) is 9.59 Å². The lowest BCUT2D eigenvalue weighted by atomic mass is 10.0. The Morgan fingerprint density at radius 2 is 1.93 bits per heavy atom. The number of carbonyl (C=O) groups excluding carboxylic acids is 1. The van der Waals surface area contributed by atoms with Crippen LogP contribution >= 0.6 is 23.2 Å². The Kier molecular flexibility index (Phi) is 8.14. The summed E-state index contributed by atoms with van der Waals surface area (Å²) < 4.78 is 39.8. The molecule has 0 aliphatic carbocycles. The van der Waals surface area contributed by atoms with Crippen LogP contribution in [0.5, 0.6) is 5.75 Å². The molecule has 2 N–H and O–H groups in total. The number of hydrogen-bond acceptors (Lipinski definition) is 8. The molecular formula is C32H31Cl2F2N7O3. The molecule has 14 heteroatoms. The fourth-order valence-electron chi connectivity index (χ4n) is 6.40. The van der Waals surface area contributed by atoms with E-state index in [-0.39, 0.29) is 68.8 Å². The number of piperazine rings is 1. The third-order valence-electron chi connectivity index (χ3n) is 8.49. The highest BCUT2D eigenvalue weighted by Crippen LogP contribution is 2.45. The average molecular weight is 671 g/mol. The van der Waals surface area contributed by atoms with Crippen LogP contribution in [-0.2, 0) is 4.79 Å². The first-order valence-corrected chi connectivity index (χ1v) is 15.5. The average Bonchev–Trinajstić information content (AvgIpc) is 3.00. The zero-order valence-corrected chi connectivity index (χ0v) is 27.1. The normalized spacial score (nSPS) is 17.8. The zero-order chi connectivity index (χ0) is 33.2. The summed E-state index contributed by atoms with van der Waals surface area (Å²) in [5, 5.41) is -0.389. The van der Waals surface area contributed by atoms with Crippen molar-refractivity contribution in [2.24, 2.45) is 0 Å². The number of nitrogen functional groups attached to an aromatic ring is 1. The summed E-state index contributed by atoms with van der Waals surface area (Å²) in [4.78, 5) is 44.1. The fourth-order valence-corrected chi connectivity index (χ4v) is 6.86. The number of aromatic nitrogens is 4. The Balaban J connectivity index is 1.76. The van der Waals surface area contributed by atoms with Gasteiger partial charge in [-0.2, -0.15) is 4.98 Å². The van der Waals surface area contributed by atoms with Crippen molar-refractivity contribution in [1.82, 2.24) is 24.4 Å². The Morgan fingerprint density at radius 1 is 1.20 bits per heavy atom. The van der Waals surface area contributed by atoms with E-state index in [0.717, 1.165) is 6.07 Å². The lowest BCUT2D eigenvalue weighted by Gasteiger charge is -2.47. The Morgan fingerprint density at radius 3 is 2.63 bits per heavy atom. The van der Waals surface area contributed by atoms with E-state index in [2.05, 4.69) is 21.5 Å². The van der Waals surface area contributed by atoms with Crippen molar-refractivity contribution in [2.75, 3.05) is 30.3 Å². The summed E-state index contributed by atoms with van der Waals surface area (Å²) in [7, 11) is 0. The summed E-state index contributed by atoms with van der Waals surface area (Å²) in [6.07, 6.45) is 3.24. The van der Waals surface area contributed by atoms with Crippen molar-refractivity contribution in [3.63, 3.8) is 0 Å². The molecule has 10 nitrogen and oxygen atoms in total. The van der Waals surface area contributed by atoms with Gasteiger partial charge in [0.2, 0.25) is 5.91 Å². The number of amides is 1. The van der Waals surface area contributed by atoms with Crippen LogP contribution in [0.15, 0.2) is 35.8 Å². The Hall–Kier alpha value is -4.29. The van der Waals surface area contributed by atoms with Gasteiger partial charge in [0, 0.05) is 31.7 Å². The molecule has 1 saturated heterocycles. The van der Waals surface area contributed by atoms with Crippen LogP contribution in [0, 0.1) is 18.6 Å². The topological polar surface area (TPSA) is 119 Å². The third kappa shape index (κ3) is 4.94. The van der Waals surface area contributed by atoms with Crippen LogP contribution in [0.1, 0.15) is 44.4 Å². The largest absolute Gasteiger partial charge is 0.489 e. The number of halogens is 4. The van der Waals surface area contributed by atoms with E-state index in [1.807, 2.05) is 32.6 Å². The smallest absolute Gasteiger partial charge is 0.355 e. The van der Waals surface area contributed by atoms with Crippen molar-refractivity contribution >= 4 is 51.6 Å². The summed E-state index contributed by atoms with van der Waals surface area (Å²) in [5.41, 5.74) is 5.79. The predicted molar refractivity (Wildman–Crippen MR) is 174 cm³/mol. The lowest BCUT2D eigenvalue weighted by molar-refractivity contribution is -0.127. The van der Waals surface area contributed by atoms with Crippen molar-refractivity contribution in [1.29, 1.82) is 0 Å². The molecule has 6 rings (SSSR count). The first-order chi connectivity index (χ1) is 21.8.